The molecule has 4 heterocycles. The second-order valence-corrected chi connectivity index (χ2v) is 10.8. The fraction of sp³-hybridized carbons (Fsp3) is 0.108. The predicted molar refractivity (Wildman–Crippen MR) is 179 cm³/mol. The maximum atomic E-state index is 11.5. The number of aryl methyl sites for hydroxylation is 1. The van der Waals surface area contributed by atoms with Crippen molar-refractivity contribution in [3.8, 4) is 5.75 Å². The molecule has 0 aliphatic carbocycles. The summed E-state index contributed by atoms with van der Waals surface area (Å²) in [5.74, 6) is 2.97. The van der Waals surface area contributed by atoms with Gasteiger partial charge in [0.1, 0.15) is 58.6 Å². The summed E-state index contributed by atoms with van der Waals surface area (Å²) in [7, 11) is 0. The molecule has 0 bridgehead atoms. The topological polar surface area (TPSA) is 99.1 Å². The van der Waals surface area contributed by atoms with E-state index in [2.05, 4.69) is 15.9 Å². The van der Waals surface area contributed by atoms with E-state index >= 15 is 0 Å². The first-order valence-electron chi connectivity index (χ1n) is 14.3. The third-order valence-electron chi connectivity index (χ3n) is 7.02. The van der Waals surface area contributed by atoms with Crippen molar-refractivity contribution in [2.75, 3.05) is 0 Å². The smallest absolute Gasteiger partial charge is 0.336 e. The fourth-order valence-electron chi connectivity index (χ4n) is 4.87. The average molecular weight is 666 g/mol. The van der Waals surface area contributed by atoms with Crippen LogP contribution in [0.5, 0.6) is 5.75 Å². The van der Waals surface area contributed by atoms with Crippen molar-refractivity contribution in [1.82, 2.24) is 0 Å². The van der Waals surface area contributed by atoms with Crippen molar-refractivity contribution in [2.24, 2.45) is 0 Å². The molecule has 226 valence electrons. The van der Waals surface area contributed by atoms with E-state index in [-0.39, 0.29) is 12.2 Å². The zero-order valence-electron chi connectivity index (χ0n) is 24.4. The zero-order chi connectivity index (χ0) is 31.2. The standard InChI is InChI=1S/C19H14O4.C9H7BrO.C9H8O2/c1-12-8-19(20)23-18-10-14(6-7-16(12)18)21-11-15-9-13-4-2-3-5-17(13)22-15;2*10-6-8-5-7-3-1-2-4-9(7)11-8/h2-10H,11H2,1H3;1-5H,6H2;1-5,10H,6H2. The number of aliphatic hydroxyl groups is 1. The molecule has 0 atom stereocenters. The summed E-state index contributed by atoms with van der Waals surface area (Å²) in [5.41, 5.74) is 3.69. The Labute approximate surface area is 266 Å². The normalized spacial score (nSPS) is 10.9. The monoisotopic (exact) mass is 664 g/mol. The van der Waals surface area contributed by atoms with Crippen molar-refractivity contribution in [3.63, 3.8) is 0 Å². The molecule has 8 heteroatoms. The molecule has 0 amide bonds. The Morgan fingerprint density at radius 1 is 0.622 bits per heavy atom. The maximum absolute atomic E-state index is 11.5. The number of halogens is 1. The van der Waals surface area contributed by atoms with Crippen LogP contribution >= 0.6 is 15.9 Å². The molecule has 0 saturated carbocycles. The molecule has 1 N–H and O–H groups in total. The number of hydrogen-bond donors (Lipinski definition) is 1. The van der Waals surface area contributed by atoms with E-state index in [4.69, 9.17) is 27.5 Å². The molecule has 4 aromatic heterocycles. The first-order chi connectivity index (χ1) is 22.0. The largest absolute Gasteiger partial charge is 0.486 e. The highest BCUT2D eigenvalue weighted by Gasteiger charge is 2.07. The minimum atomic E-state index is -0.357. The van der Waals surface area contributed by atoms with Gasteiger partial charge in [-0.25, -0.2) is 4.79 Å². The van der Waals surface area contributed by atoms with Crippen LogP contribution in [0.4, 0.5) is 0 Å². The summed E-state index contributed by atoms with van der Waals surface area (Å²) in [6, 6.07) is 36.3. The lowest BCUT2D eigenvalue weighted by atomic mass is 10.1. The van der Waals surface area contributed by atoms with Crippen LogP contribution in [0.15, 0.2) is 138 Å². The molecule has 0 unspecified atom stereocenters. The van der Waals surface area contributed by atoms with Crippen LogP contribution in [0.1, 0.15) is 22.8 Å². The van der Waals surface area contributed by atoms with Gasteiger partial charge in [0.15, 0.2) is 0 Å². The van der Waals surface area contributed by atoms with Crippen LogP contribution < -0.4 is 10.4 Å². The number of benzene rings is 4. The molecule has 0 fully saturated rings. The fourth-order valence-corrected chi connectivity index (χ4v) is 5.15. The number of furan rings is 3. The lowest BCUT2D eigenvalue weighted by Crippen LogP contribution is -1.98. The summed E-state index contributed by atoms with van der Waals surface area (Å²) in [6.07, 6.45) is 0. The highest BCUT2D eigenvalue weighted by atomic mass is 79.9. The van der Waals surface area contributed by atoms with E-state index in [9.17, 15) is 4.79 Å². The van der Waals surface area contributed by atoms with E-state index in [0.29, 0.717) is 23.7 Å². The van der Waals surface area contributed by atoms with Gasteiger partial charge in [-0.3, -0.25) is 0 Å². The molecular weight excluding hydrogens is 636 g/mol. The molecular formula is C37H29BrO7. The first kappa shape index (κ1) is 30.0. The Balaban J connectivity index is 0.000000135. The van der Waals surface area contributed by atoms with Gasteiger partial charge in [-0.1, -0.05) is 70.5 Å². The Kier molecular flexibility index (Phi) is 9.14. The average Bonchev–Trinajstić information content (AvgIpc) is 3.80. The second kappa shape index (κ2) is 13.7. The number of para-hydroxylation sites is 3. The lowest BCUT2D eigenvalue weighted by molar-refractivity contribution is 0.251. The number of ether oxygens (including phenoxy) is 1. The van der Waals surface area contributed by atoms with E-state index in [1.807, 2.05) is 110 Å². The van der Waals surface area contributed by atoms with Gasteiger partial charge in [0, 0.05) is 33.7 Å². The van der Waals surface area contributed by atoms with Gasteiger partial charge in [0.05, 0.1) is 5.33 Å². The van der Waals surface area contributed by atoms with Crippen molar-refractivity contribution < 1.29 is 27.5 Å². The number of aliphatic hydroxyl groups excluding tert-OH is 1. The molecule has 0 spiro atoms. The molecule has 0 aliphatic heterocycles. The second-order valence-electron chi connectivity index (χ2n) is 10.2. The van der Waals surface area contributed by atoms with Gasteiger partial charge in [-0.05, 0) is 61.0 Å². The quantitative estimate of drug-likeness (QED) is 0.144. The van der Waals surface area contributed by atoms with Crippen molar-refractivity contribution in [1.29, 1.82) is 0 Å². The Morgan fingerprint density at radius 3 is 1.73 bits per heavy atom. The van der Waals surface area contributed by atoms with Gasteiger partial charge >= 0.3 is 5.63 Å². The van der Waals surface area contributed by atoms with Crippen LogP contribution in [0.3, 0.4) is 0 Å². The number of fused-ring (bicyclic) bond motifs is 4. The van der Waals surface area contributed by atoms with Crippen LogP contribution in [-0.2, 0) is 18.5 Å². The molecule has 8 rings (SSSR count). The minimum Gasteiger partial charge on any atom is -0.486 e. The van der Waals surface area contributed by atoms with E-state index in [0.717, 1.165) is 55.3 Å². The van der Waals surface area contributed by atoms with Gasteiger partial charge in [0.2, 0.25) is 0 Å². The number of hydrogen-bond acceptors (Lipinski definition) is 7. The summed E-state index contributed by atoms with van der Waals surface area (Å²) in [6.45, 7) is 2.17. The molecule has 0 aliphatic rings. The van der Waals surface area contributed by atoms with Crippen LogP contribution in [0.2, 0.25) is 0 Å². The van der Waals surface area contributed by atoms with Gasteiger partial charge in [0.25, 0.3) is 0 Å². The third-order valence-corrected chi connectivity index (χ3v) is 7.57. The van der Waals surface area contributed by atoms with Crippen molar-refractivity contribution in [2.45, 2.75) is 25.5 Å². The van der Waals surface area contributed by atoms with Crippen molar-refractivity contribution in [3.05, 3.63) is 149 Å². The van der Waals surface area contributed by atoms with Crippen LogP contribution in [0, 0.1) is 6.92 Å². The molecule has 7 nitrogen and oxygen atoms in total. The molecule has 45 heavy (non-hydrogen) atoms. The Morgan fingerprint density at radius 2 is 1.16 bits per heavy atom. The van der Waals surface area contributed by atoms with Crippen LogP contribution in [0.25, 0.3) is 43.9 Å². The zero-order valence-corrected chi connectivity index (χ0v) is 26.0. The van der Waals surface area contributed by atoms with Gasteiger partial charge in [-0.15, -0.1) is 0 Å². The van der Waals surface area contributed by atoms with E-state index in [1.54, 1.807) is 6.07 Å². The highest BCUT2D eigenvalue weighted by Crippen LogP contribution is 2.25. The summed E-state index contributed by atoms with van der Waals surface area (Å²) < 4.78 is 27.4. The molecule has 4 aromatic carbocycles. The summed E-state index contributed by atoms with van der Waals surface area (Å²) in [4.78, 5) is 11.5. The SMILES string of the molecule is BrCc1cc2ccccc2o1.Cc1cc(=O)oc2cc(OCc3cc4ccccc4o3)ccc12.OCc1cc2ccccc2o1. The molecule has 0 radical (unpaired) electrons. The van der Waals surface area contributed by atoms with Gasteiger partial charge < -0.3 is 27.5 Å². The van der Waals surface area contributed by atoms with Crippen LogP contribution in [-0.4, -0.2) is 5.11 Å². The Hall–Kier alpha value is -5.05. The van der Waals surface area contributed by atoms with Crippen molar-refractivity contribution >= 4 is 59.8 Å². The third kappa shape index (κ3) is 7.20. The predicted octanol–water partition coefficient (Wildman–Crippen LogP) is 9.68. The van der Waals surface area contributed by atoms with E-state index < -0.39 is 0 Å². The molecule has 8 aromatic rings. The molecule has 0 saturated heterocycles. The van der Waals surface area contributed by atoms with E-state index in [1.165, 1.54) is 11.5 Å². The lowest BCUT2D eigenvalue weighted by Gasteiger charge is -2.06. The minimum absolute atomic E-state index is 0.0331. The first-order valence-corrected chi connectivity index (χ1v) is 15.4. The summed E-state index contributed by atoms with van der Waals surface area (Å²) in [5, 5.41) is 13.7. The van der Waals surface area contributed by atoms with Gasteiger partial charge in [-0.2, -0.15) is 0 Å². The number of rotatable bonds is 5. The number of alkyl halides is 1. The highest BCUT2D eigenvalue weighted by molar-refractivity contribution is 9.08. The maximum Gasteiger partial charge on any atom is 0.336 e. The summed E-state index contributed by atoms with van der Waals surface area (Å²) >= 11 is 3.34. The Bertz CT molecular complexity index is 2080.